The normalized spacial score (nSPS) is 12.0. The van der Waals surface area contributed by atoms with E-state index in [-0.39, 0.29) is 0 Å². The molecule has 0 nitrogen and oxygen atoms in total. The van der Waals surface area contributed by atoms with Crippen LogP contribution in [-0.4, -0.2) is 0 Å². The van der Waals surface area contributed by atoms with Gasteiger partial charge < -0.3 is 0 Å². The van der Waals surface area contributed by atoms with E-state index in [1.807, 2.05) is 0 Å². The molecule has 3 heteroatoms. The second kappa shape index (κ2) is 7.92. The van der Waals surface area contributed by atoms with Gasteiger partial charge in [0.15, 0.2) is 0 Å². The van der Waals surface area contributed by atoms with Gasteiger partial charge in [0.25, 0.3) is 0 Å². The van der Waals surface area contributed by atoms with E-state index in [0.29, 0.717) is 0 Å². The Labute approximate surface area is 131 Å². The number of hydrogen-bond donors (Lipinski definition) is 0. The number of allylic oxidation sites excluding steroid dienone is 1. The van der Waals surface area contributed by atoms with E-state index in [9.17, 15) is 0 Å². The van der Waals surface area contributed by atoms with Crippen molar-refractivity contribution in [2.45, 2.75) is 12.8 Å². The van der Waals surface area contributed by atoms with Crippen LogP contribution in [0, 0.1) is 0 Å². The van der Waals surface area contributed by atoms with Gasteiger partial charge >= 0.3 is 35.6 Å². The molecule has 2 aromatic carbocycles. The summed E-state index contributed by atoms with van der Waals surface area (Å²) in [7, 11) is 9.78. The first-order chi connectivity index (χ1) is 9.33. The molecule has 0 unspecified atom stereocenters. The molecule has 0 aliphatic heterocycles. The zero-order valence-corrected chi connectivity index (χ0v) is 13.5. The van der Waals surface area contributed by atoms with E-state index in [1.54, 1.807) is 0 Å². The Morgan fingerprint density at radius 1 is 0.895 bits per heavy atom. The first kappa shape index (κ1) is 14.9. The van der Waals surface area contributed by atoms with Gasteiger partial charge in [0, 0.05) is 0 Å². The summed E-state index contributed by atoms with van der Waals surface area (Å²) in [6.45, 7) is 0. The molecule has 19 heavy (non-hydrogen) atoms. The van der Waals surface area contributed by atoms with Gasteiger partial charge in [-0.05, 0) is 29.5 Å². The van der Waals surface area contributed by atoms with Crippen LogP contribution >= 0.6 is 18.6 Å². The van der Waals surface area contributed by atoms with Gasteiger partial charge in [-0.2, -0.15) is 0 Å². The minimum atomic E-state index is -0.556. The van der Waals surface area contributed by atoms with Crippen molar-refractivity contribution in [1.82, 2.24) is 0 Å². The van der Waals surface area contributed by atoms with Gasteiger partial charge in [0.1, 0.15) is 0 Å². The predicted molar refractivity (Wildman–Crippen MR) is 80.0 cm³/mol. The Morgan fingerprint density at radius 2 is 1.53 bits per heavy atom. The van der Waals surface area contributed by atoms with Crippen LogP contribution in [0.5, 0.6) is 0 Å². The number of halogens is 2. The summed E-state index contributed by atoms with van der Waals surface area (Å²) >= 11 is -0.556. The molecule has 0 aromatic heterocycles. The Kier molecular flexibility index (Phi) is 6.20. The van der Waals surface area contributed by atoms with Gasteiger partial charge in [0.2, 0.25) is 0 Å². The fourth-order valence-electron chi connectivity index (χ4n) is 2.32. The molecule has 0 spiro atoms. The summed E-state index contributed by atoms with van der Waals surface area (Å²) in [6.07, 6.45) is 4.53. The fourth-order valence-corrected chi connectivity index (χ4v) is 2.32. The van der Waals surface area contributed by atoms with Crippen LogP contribution in [0.25, 0.3) is 6.08 Å². The van der Waals surface area contributed by atoms with Crippen LogP contribution in [-0.2, 0) is 29.9 Å². The van der Waals surface area contributed by atoms with E-state index < -0.39 is 17.0 Å². The average molecular weight is 325 g/mol. The molecule has 0 fully saturated rings. The Morgan fingerprint density at radius 3 is 2.21 bits per heavy atom. The first-order valence-corrected chi connectivity index (χ1v) is 10.4. The van der Waals surface area contributed by atoms with Crippen molar-refractivity contribution in [3.8, 4) is 0 Å². The zero-order chi connectivity index (χ0) is 13.5. The quantitative estimate of drug-likeness (QED) is 0.662. The molecule has 0 radical (unpaired) electrons. The molecule has 0 amide bonds. The van der Waals surface area contributed by atoms with Crippen LogP contribution in [0.1, 0.15) is 16.7 Å². The van der Waals surface area contributed by atoms with Crippen molar-refractivity contribution in [1.29, 1.82) is 0 Å². The molecule has 1 aliphatic rings. The molecule has 0 saturated heterocycles. The van der Waals surface area contributed by atoms with E-state index in [1.165, 1.54) is 22.3 Å². The first-order valence-electron chi connectivity index (χ1n) is 6.11. The third kappa shape index (κ3) is 4.51. The summed E-state index contributed by atoms with van der Waals surface area (Å²) in [6, 6.07) is 19.3. The average Bonchev–Trinajstić information content (AvgIpc) is 2.83. The van der Waals surface area contributed by atoms with Crippen molar-refractivity contribution >= 4 is 24.7 Å². The third-order valence-corrected chi connectivity index (χ3v) is 3.11. The van der Waals surface area contributed by atoms with Crippen molar-refractivity contribution in [3.05, 3.63) is 76.9 Å². The van der Waals surface area contributed by atoms with Crippen molar-refractivity contribution in [2.75, 3.05) is 0 Å². The molecular weight excluding hydrogens is 311 g/mol. The van der Waals surface area contributed by atoms with E-state index in [4.69, 9.17) is 18.6 Å². The molecule has 0 N–H and O–H groups in total. The molecule has 0 bridgehead atoms. The molecule has 96 valence electrons. The summed E-state index contributed by atoms with van der Waals surface area (Å²) in [5.41, 5.74) is 5.79. The van der Waals surface area contributed by atoms with Gasteiger partial charge in [-0.3, -0.25) is 0 Å². The van der Waals surface area contributed by atoms with Crippen molar-refractivity contribution in [2.24, 2.45) is 0 Å². The van der Waals surface area contributed by atoms with Gasteiger partial charge in [-0.1, -0.05) is 66.2 Å². The summed E-state index contributed by atoms with van der Waals surface area (Å²) in [5, 5.41) is 0. The monoisotopic (exact) mass is 324 g/mol. The maximum atomic E-state index is 4.89. The third-order valence-electron chi connectivity index (χ3n) is 3.11. The van der Waals surface area contributed by atoms with E-state index in [0.717, 1.165) is 12.8 Å². The number of benzene rings is 2. The Hall–Kier alpha value is -0.526. The summed E-state index contributed by atoms with van der Waals surface area (Å²) in [4.78, 5) is 0. The van der Waals surface area contributed by atoms with E-state index in [2.05, 4.69) is 60.7 Å². The molecule has 3 rings (SSSR count). The van der Waals surface area contributed by atoms with Crippen LogP contribution < -0.4 is 0 Å². The van der Waals surface area contributed by atoms with Gasteiger partial charge in [-0.15, -0.1) is 0 Å². The summed E-state index contributed by atoms with van der Waals surface area (Å²) in [5.74, 6) is 0. The van der Waals surface area contributed by atoms with E-state index >= 15 is 0 Å². The molecule has 2 aromatic rings. The molecule has 0 heterocycles. The summed E-state index contributed by atoms with van der Waals surface area (Å²) < 4.78 is 0. The van der Waals surface area contributed by atoms with Crippen molar-refractivity contribution in [3.63, 3.8) is 0 Å². The number of fused-ring (bicyclic) bond motifs is 1. The van der Waals surface area contributed by atoms with Gasteiger partial charge in [0.05, 0.1) is 0 Å². The molecule has 0 atom stereocenters. The molecule has 0 saturated carbocycles. The number of rotatable bonds is 2. The maximum absolute atomic E-state index is 4.89. The van der Waals surface area contributed by atoms with Crippen molar-refractivity contribution < 1.29 is 17.0 Å². The fraction of sp³-hybridized carbons (Fsp3) is 0.125. The van der Waals surface area contributed by atoms with Crippen LogP contribution in [0.15, 0.2) is 60.2 Å². The number of hydrogen-bond acceptors (Lipinski definition) is 0. The van der Waals surface area contributed by atoms with Crippen LogP contribution in [0.4, 0.5) is 0 Å². The topological polar surface area (TPSA) is 0 Å². The second-order valence-corrected chi connectivity index (χ2v) is 6.99. The molecular formula is C16H14Cl2Ti. The standard InChI is InChI=1S/C16H14.2ClH.Ti/c1-2-6-13(7-3-1)10-14-11-15-8-4-5-9-16(15)12-14;;;/h1-9,11H,10,12H2;2*1H;/q;;;+2/p-2. The minimum absolute atomic E-state index is 0.556. The Balaban J connectivity index is 0.000000408. The predicted octanol–water partition coefficient (Wildman–Crippen LogP) is 5.25. The van der Waals surface area contributed by atoms with Crippen LogP contribution in [0.2, 0.25) is 0 Å². The van der Waals surface area contributed by atoms with Crippen LogP contribution in [0.3, 0.4) is 0 Å². The second-order valence-electron chi connectivity index (χ2n) is 4.41. The van der Waals surface area contributed by atoms with Gasteiger partial charge in [-0.25, -0.2) is 0 Å². The zero-order valence-electron chi connectivity index (χ0n) is 10.4. The SMILES string of the molecule is C1=C(Cc2ccccc2)Cc2ccccc21.[Cl][Ti][Cl]. The Bertz CT molecular complexity index is 550. The molecule has 1 aliphatic carbocycles.